The molecule has 0 spiro atoms. The predicted molar refractivity (Wildman–Crippen MR) is 153 cm³/mol. The molecule has 2 aliphatic rings. The van der Waals surface area contributed by atoms with Gasteiger partial charge in [0.2, 0.25) is 0 Å². The van der Waals surface area contributed by atoms with E-state index in [1.807, 2.05) is 48.7 Å². The molecule has 1 N–H and O–H groups in total. The van der Waals surface area contributed by atoms with Gasteiger partial charge in [-0.1, -0.05) is 18.2 Å². The zero-order chi connectivity index (χ0) is 26.2. The van der Waals surface area contributed by atoms with Crippen molar-refractivity contribution < 1.29 is 9.13 Å². The van der Waals surface area contributed by atoms with Crippen LogP contribution < -0.4 is 15.1 Å². The summed E-state index contributed by atoms with van der Waals surface area (Å²) < 4.78 is 22.4. The molecule has 2 aliphatic heterocycles. The molecule has 2 saturated heterocycles. The Morgan fingerprint density at radius 1 is 0.947 bits per heavy atom. The second-order valence-electron chi connectivity index (χ2n) is 9.73. The largest absolute Gasteiger partial charge is 0.378 e. The fourth-order valence-corrected chi connectivity index (χ4v) is 6.03. The minimum absolute atomic E-state index is 0.168. The summed E-state index contributed by atoms with van der Waals surface area (Å²) in [5.41, 5.74) is 6.62. The predicted octanol–water partition coefficient (Wildman–Crippen LogP) is 5.64. The van der Waals surface area contributed by atoms with Crippen molar-refractivity contribution in [1.82, 2.24) is 14.9 Å². The van der Waals surface area contributed by atoms with E-state index in [9.17, 15) is 4.39 Å². The quantitative estimate of drug-likeness (QED) is 0.339. The average Bonchev–Trinajstić information content (AvgIpc) is 3.45. The van der Waals surface area contributed by atoms with Crippen molar-refractivity contribution >= 4 is 28.7 Å². The molecule has 0 bridgehead atoms. The van der Waals surface area contributed by atoms with Gasteiger partial charge in [0, 0.05) is 42.0 Å². The highest BCUT2D eigenvalue weighted by Crippen LogP contribution is 2.44. The van der Waals surface area contributed by atoms with Gasteiger partial charge in [0.1, 0.15) is 5.82 Å². The number of rotatable bonds is 5. The van der Waals surface area contributed by atoms with Gasteiger partial charge in [-0.2, -0.15) is 0 Å². The molecule has 0 unspecified atom stereocenters. The van der Waals surface area contributed by atoms with Gasteiger partial charge in [-0.15, -0.1) is 0 Å². The van der Waals surface area contributed by atoms with Gasteiger partial charge in [0.05, 0.1) is 36.7 Å². The van der Waals surface area contributed by atoms with Crippen LogP contribution in [0, 0.1) is 19.7 Å². The van der Waals surface area contributed by atoms with E-state index in [1.54, 1.807) is 12.3 Å². The molecule has 2 aromatic carbocycles. The molecule has 6 rings (SSSR count). The van der Waals surface area contributed by atoms with Crippen LogP contribution in [-0.2, 0) is 4.74 Å². The maximum absolute atomic E-state index is 14.9. The first-order chi connectivity index (χ1) is 18.5. The van der Waals surface area contributed by atoms with Crippen molar-refractivity contribution in [3.63, 3.8) is 0 Å². The summed E-state index contributed by atoms with van der Waals surface area (Å²) in [5, 5.41) is 4.18. The Hall–Kier alpha value is -3.75. The van der Waals surface area contributed by atoms with Crippen molar-refractivity contribution in [1.29, 1.82) is 0 Å². The van der Waals surface area contributed by atoms with Crippen molar-refractivity contribution in [2.24, 2.45) is 0 Å². The Morgan fingerprint density at radius 3 is 2.37 bits per heavy atom. The van der Waals surface area contributed by atoms with Crippen LogP contribution in [0.2, 0.25) is 0 Å². The Morgan fingerprint density at radius 2 is 1.66 bits per heavy atom. The fourth-order valence-electron chi connectivity index (χ4n) is 5.69. The molecular weight excluding hydrogens is 497 g/mol. The van der Waals surface area contributed by atoms with Crippen LogP contribution >= 0.6 is 12.2 Å². The van der Waals surface area contributed by atoms with Crippen LogP contribution in [0.4, 0.5) is 15.8 Å². The number of anilines is 2. The van der Waals surface area contributed by atoms with E-state index in [-0.39, 0.29) is 17.9 Å². The number of benzene rings is 2. The normalized spacial score (nSPS) is 19.6. The van der Waals surface area contributed by atoms with Crippen molar-refractivity contribution in [3.05, 3.63) is 107 Å². The van der Waals surface area contributed by atoms with Gasteiger partial charge >= 0.3 is 0 Å². The van der Waals surface area contributed by atoms with E-state index in [4.69, 9.17) is 17.0 Å². The number of nitrogens with zero attached hydrogens (tertiary/aromatic N) is 4. The summed E-state index contributed by atoms with van der Waals surface area (Å²) in [6.45, 7) is 7.32. The lowest BCUT2D eigenvalue weighted by molar-refractivity contribution is 0.122. The van der Waals surface area contributed by atoms with Gasteiger partial charge in [0.25, 0.3) is 0 Å². The lowest BCUT2D eigenvalue weighted by atomic mass is 9.96. The second-order valence-corrected chi connectivity index (χ2v) is 10.1. The summed E-state index contributed by atoms with van der Waals surface area (Å²) in [6.07, 6.45) is 1.81. The van der Waals surface area contributed by atoms with Gasteiger partial charge in [-0.3, -0.25) is 4.98 Å². The van der Waals surface area contributed by atoms with E-state index < -0.39 is 0 Å². The highest BCUT2D eigenvalue weighted by atomic mass is 32.1. The molecule has 2 aromatic heterocycles. The number of aromatic nitrogens is 2. The molecule has 6 nitrogen and oxygen atoms in total. The third kappa shape index (κ3) is 4.33. The molecule has 38 heavy (non-hydrogen) atoms. The van der Waals surface area contributed by atoms with Crippen LogP contribution in [0.25, 0.3) is 5.69 Å². The first kappa shape index (κ1) is 24.6. The molecule has 2 atom stereocenters. The highest BCUT2D eigenvalue weighted by molar-refractivity contribution is 7.80. The van der Waals surface area contributed by atoms with Crippen LogP contribution in [0.1, 0.15) is 34.7 Å². The van der Waals surface area contributed by atoms with Crippen molar-refractivity contribution in [3.8, 4) is 5.69 Å². The summed E-state index contributed by atoms with van der Waals surface area (Å²) in [7, 11) is 0. The number of aryl methyl sites for hydroxylation is 1. The van der Waals surface area contributed by atoms with Crippen LogP contribution in [0.3, 0.4) is 0 Å². The molecule has 0 saturated carbocycles. The Kier molecular flexibility index (Phi) is 6.59. The topological polar surface area (TPSA) is 45.6 Å². The Balaban J connectivity index is 1.44. The molecule has 4 heterocycles. The number of halogens is 1. The number of hydrogen-bond donors (Lipinski definition) is 1. The number of morpholine rings is 1. The third-order valence-corrected chi connectivity index (χ3v) is 7.80. The van der Waals surface area contributed by atoms with E-state index >= 15 is 0 Å². The maximum Gasteiger partial charge on any atom is 0.174 e. The van der Waals surface area contributed by atoms with Gasteiger partial charge in [-0.25, -0.2) is 4.39 Å². The number of nitrogens with one attached hydrogen (secondary N) is 1. The van der Waals surface area contributed by atoms with Crippen LogP contribution in [0.5, 0.6) is 0 Å². The summed E-state index contributed by atoms with van der Waals surface area (Å²) in [6, 6.07) is 23.2. The molecule has 4 aromatic rings. The van der Waals surface area contributed by atoms with E-state index in [0.29, 0.717) is 10.8 Å². The van der Waals surface area contributed by atoms with E-state index in [0.717, 1.165) is 54.6 Å². The maximum atomic E-state index is 14.9. The summed E-state index contributed by atoms with van der Waals surface area (Å²) in [4.78, 5) is 9.18. The highest BCUT2D eigenvalue weighted by Gasteiger charge is 2.42. The molecule has 8 heteroatoms. The number of ether oxygens (including phenoxy) is 1. The van der Waals surface area contributed by atoms with E-state index in [1.165, 1.54) is 11.8 Å². The first-order valence-electron chi connectivity index (χ1n) is 12.9. The van der Waals surface area contributed by atoms with Crippen LogP contribution in [-0.4, -0.2) is 41.0 Å². The third-order valence-electron chi connectivity index (χ3n) is 7.48. The molecule has 0 aliphatic carbocycles. The van der Waals surface area contributed by atoms with Gasteiger partial charge in [0.15, 0.2) is 5.11 Å². The lowest BCUT2D eigenvalue weighted by Crippen LogP contribution is -2.36. The number of pyridine rings is 1. The smallest absolute Gasteiger partial charge is 0.174 e. The SMILES string of the molecule is Cc1cc([C@@H]2[C@@H](c3ccccn3)NC(=S)N2c2ccc(N3CCOCC3)cc2)c(C)n1-c1ccccc1F. The number of hydrogen-bond acceptors (Lipinski definition) is 4. The number of para-hydroxylation sites is 1. The summed E-state index contributed by atoms with van der Waals surface area (Å²) in [5.74, 6) is -0.252. The lowest BCUT2D eigenvalue weighted by Gasteiger charge is -2.31. The minimum Gasteiger partial charge on any atom is -0.378 e. The zero-order valence-electron chi connectivity index (χ0n) is 21.5. The average molecular weight is 528 g/mol. The second kappa shape index (κ2) is 10.2. The molecule has 0 radical (unpaired) electrons. The Bertz CT molecular complexity index is 1450. The fraction of sp³-hybridized carbons (Fsp3) is 0.267. The molecule has 2 fully saturated rings. The number of thiocarbonyl (C=S) groups is 1. The monoisotopic (exact) mass is 527 g/mol. The van der Waals surface area contributed by atoms with Crippen molar-refractivity contribution in [2.45, 2.75) is 25.9 Å². The summed E-state index contributed by atoms with van der Waals surface area (Å²) >= 11 is 5.93. The van der Waals surface area contributed by atoms with Crippen LogP contribution in [0.15, 0.2) is 79.0 Å². The van der Waals surface area contributed by atoms with Gasteiger partial charge in [-0.05, 0) is 86.2 Å². The first-order valence-corrected chi connectivity index (χ1v) is 13.3. The standard InChI is InChI=1S/C30H30FN5OS/c1-20-19-24(21(2)35(20)27-9-4-3-7-25(27)31)29-28(26-8-5-6-14-32-26)33-30(38)36(29)23-12-10-22(11-13-23)34-15-17-37-18-16-34/h3-14,19,28-29H,15-18H2,1-2H3,(H,33,38)/t28-,29-/m1/s1. The molecular formula is C30H30FN5OS. The van der Waals surface area contributed by atoms with Gasteiger partial charge < -0.3 is 24.4 Å². The molecule has 194 valence electrons. The van der Waals surface area contributed by atoms with E-state index in [2.05, 4.69) is 50.4 Å². The minimum atomic E-state index is -0.252. The van der Waals surface area contributed by atoms with Crippen molar-refractivity contribution in [2.75, 3.05) is 36.1 Å². The molecule has 0 amide bonds. The zero-order valence-corrected chi connectivity index (χ0v) is 22.3. The Labute approximate surface area is 227 Å².